The Morgan fingerprint density at radius 2 is 1.10 bits per heavy atom. The number of ether oxygens (including phenoxy) is 4. The summed E-state index contributed by atoms with van der Waals surface area (Å²) in [7, 11) is 0. The molecule has 2 aromatic rings. The molecule has 0 saturated heterocycles. The molecular formula is C33H44N2O6. The van der Waals surface area contributed by atoms with Gasteiger partial charge in [-0.3, -0.25) is 0 Å². The SMILES string of the molecule is C=C(C)C(=O)OCCCCCCOc1ccc(N=Nc2ccc(OCCCCCCOC(=O)C(=C)C)c(C)c2)cc1. The second kappa shape index (κ2) is 19.2. The number of carbonyl (C=O) groups excluding carboxylic acids is 2. The van der Waals surface area contributed by atoms with E-state index in [-0.39, 0.29) is 11.9 Å². The van der Waals surface area contributed by atoms with Crippen molar-refractivity contribution in [2.45, 2.75) is 72.1 Å². The number of hydrogen-bond acceptors (Lipinski definition) is 8. The van der Waals surface area contributed by atoms with Crippen LogP contribution < -0.4 is 9.47 Å². The van der Waals surface area contributed by atoms with Gasteiger partial charge < -0.3 is 18.9 Å². The first-order valence-corrected chi connectivity index (χ1v) is 14.3. The van der Waals surface area contributed by atoms with E-state index in [1.54, 1.807) is 13.8 Å². The molecule has 2 rings (SSSR count). The largest absolute Gasteiger partial charge is 0.494 e. The molecule has 0 aliphatic carbocycles. The van der Waals surface area contributed by atoms with Gasteiger partial charge in [0.2, 0.25) is 0 Å². The Balaban J connectivity index is 1.61. The molecule has 41 heavy (non-hydrogen) atoms. The van der Waals surface area contributed by atoms with Crippen LogP contribution in [0.3, 0.4) is 0 Å². The Hall–Kier alpha value is -3.94. The number of benzene rings is 2. The molecule has 0 amide bonds. The maximum Gasteiger partial charge on any atom is 0.333 e. The predicted molar refractivity (Wildman–Crippen MR) is 161 cm³/mol. The van der Waals surface area contributed by atoms with Gasteiger partial charge in [0.15, 0.2) is 0 Å². The quantitative estimate of drug-likeness (QED) is 0.0692. The summed E-state index contributed by atoms with van der Waals surface area (Å²) >= 11 is 0. The molecule has 222 valence electrons. The molecule has 0 atom stereocenters. The summed E-state index contributed by atoms with van der Waals surface area (Å²) in [6.07, 6.45) is 7.53. The van der Waals surface area contributed by atoms with E-state index in [0.717, 1.165) is 79.8 Å². The fraction of sp³-hybridized carbons (Fsp3) is 0.455. The van der Waals surface area contributed by atoms with Crippen LogP contribution in [0.15, 0.2) is 77.0 Å². The van der Waals surface area contributed by atoms with E-state index in [2.05, 4.69) is 23.4 Å². The number of hydrogen-bond donors (Lipinski definition) is 0. The number of aryl methyl sites for hydroxylation is 1. The molecule has 0 unspecified atom stereocenters. The number of azo groups is 1. The average Bonchev–Trinajstić information content (AvgIpc) is 2.95. The first-order chi connectivity index (χ1) is 19.8. The number of carbonyl (C=O) groups is 2. The van der Waals surface area contributed by atoms with E-state index in [1.807, 2.05) is 49.4 Å². The van der Waals surface area contributed by atoms with Crippen LogP contribution in [-0.2, 0) is 19.1 Å². The molecule has 8 nitrogen and oxygen atoms in total. The van der Waals surface area contributed by atoms with Gasteiger partial charge in [0.25, 0.3) is 0 Å². The first-order valence-electron chi connectivity index (χ1n) is 14.3. The molecule has 2 aromatic carbocycles. The van der Waals surface area contributed by atoms with Crippen LogP contribution in [0.2, 0.25) is 0 Å². The van der Waals surface area contributed by atoms with Crippen LogP contribution >= 0.6 is 0 Å². The summed E-state index contributed by atoms with van der Waals surface area (Å²) in [4.78, 5) is 22.7. The van der Waals surface area contributed by atoms with Crippen molar-refractivity contribution in [2.75, 3.05) is 26.4 Å². The first kappa shape index (κ1) is 33.3. The number of nitrogens with zero attached hydrogens (tertiary/aromatic N) is 2. The summed E-state index contributed by atoms with van der Waals surface area (Å²) in [6.45, 7) is 14.6. The van der Waals surface area contributed by atoms with Crippen molar-refractivity contribution in [1.29, 1.82) is 0 Å². The highest BCUT2D eigenvalue weighted by atomic mass is 16.5. The van der Waals surface area contributed by atoms with Gasteiger partial charge in [-0.1, -0.05) is 13.2 Å². The summed E-state index contributed by atoms with van der Waals surface area (Å²) in [5.74, 6) is 0.980. The van der Waals surface area contributed by atoms with Gasteiger partial charge in [0, 0.05) is 11.1 Å². The second-order valence-electron chi connectivity index (χ2n) is 10.0. The molecular weight excluding hydrogens is 520 g/mol. The van der Waals surface area contributed by atoms with Gasteiger partial charge >= 0.3 is 11.9 Å². The van der Waals surface area contributed by atoms with Gasteiger partial charge in [-0.2, -0.15) is 10.2 Å². The number of rotatable bonds is 20. The monoisotopic (exact) mass is 564 g/mol. The van der Waals surface area contributed by atoms with Crippen LogP contribution in [-0.4, -0.2) is 38.4 Å². The minimum Gasteiger partial charge on any atom is -0.494 e. The molecule has 0 aliphatic rings. The van der Waals surface area contributed by atoms with E-state index in [4.69, 9.17) is 18.9 Å². The van der Waals surface area contributed by atoms with Crippen molar-refractivity contribution in [3.8, 4) is 11.5 Å². The highest BCUT2D eigenvalue weighted by Crippen LogP contribution is 2.26. The zero-order chi connectivity index (χ0) is 29.9. The molecule has 0 bridgehead atoms. The molecule has 0 heterocycles. The van der Waals surface area contributed by atoms with Crippen molar-refractivity contribution < 1.29 is 28.5 Å². The maximum absolute atomic E-state index is 11.3. The highest BCUT2D eigenvalue weighted by Gasteiger charge is 2.04. The molecule has 0 N–H and O–H groups in total. The lowest BCUT2D eigenvalue weighted by atomic mass is 10.2. The summed E-state index contributed by atoms with van der Waals surface area (Å²) in [6, 6.07) is 13.3. The Bertz CT molecular complexity index is 1160. The van der Waals surface area contributed by atoms with E-state index < -0.39 is 0 Å². The molecule has 0 fully saturated rings. The van der Waals surface area contributed by atoms with Gasteiger partial charge in [0.05, 0.1) is 37.8 Å². The molecule has 0 saturated carbocycles. The van der Waals surface area contributed by atoms with Crippen LogP contribution in [0.4, 0.5) is 11.4 Å². The normalized spacial score (nSPS) is 10.8. The van der Waals surface area contributed by atoms with Crippen molar-refractivity contribution in [2.24, 2.45) is 10.2 Å². The molecule has 8 heteroatoms. The molecule has 0 spiro atoms. The predicted octanol–water partition coefficient (Wildman–Crippen LogP) is 8.53. The van der Waals surface area contributed by atoms with Crippen molar-refractivity contribution in [1.82, 2.24) is 0 Å². The van der Waals surface area contributed by atoms with Gasteiger partial charge in [-0.05, 0) is 120 Å². The smallest absolute Gasteiger partial charge is 0.333 e. The van der Waals surface area contributed by atoms with E-state index >= 15 is 0 Å². The summed E-state index contributed by atoms with van der Waals surface area (Å²) in [5.41, 5.74) is 3.37. The van der Waals surface area contributed by atoms with Gasteiger partial charge in [0.1, 0.15) is 11.5 Å². The van der Waals surface area contributed by atoms with Gasteiger partial charge in [-0.25, -0.2) is 9.59 Å². The third kappa shape index (κ3) is 14.3. The molecule has 0 aliphatic heterocycles. The Morgan fingerprint density at radius 3 is 1.61 bits per heavy atom. The van der Waals surface area contributed by atoms with Crippen molar-refractivity contribution in [3.63, 3.8) is 0 Å². The van der Waals surface area contributed by atoms with E-state index in [1.165, 1.54) is 0 Å². The Morgan fingerprint density at radius 1 is 0.634 bits per heavy atom. The average molecular weight is 565 g/mol. The number of unbranched alkanes of at least 4 members (excludes halogenated alkanes) is 6. The third-order valence-electron chi connectivity index (χ3n) is 6.04. The topological polar surface area (TPSA) is 95.8 Å². The van der Waals surface area contributed by atoms with Crippen molar-refractivity contribution in [3.05, 3.63) is 72.3 Å². The van der Waals surface area contributed by atoms with E-state index in [0.29, 0.717) is 37.6 Å². The summed E-state index contributed by atoms with van der Waals surface area (Å²) < 4.78 is 21.9. The Kier molecular flexibility index (Phi) is 15.6. The molecule has 0 radical (unpaired) electrons. The van der Waals surface area contributed by atoms with E-state index in [9.17, 15) is 9.59 Å². The highest BCUT2D eigenvalue weighted by molar-refractivity contribution is 5.87. The molecule has 0 aromatic heterocycles. The fourth-order valence-corrected chi connectivity index (χ4v) is 3.65. The lowest BCUT2D eigenvalue weighted by molar-refractivity contribution is -0.139. The minimum atomic E-state index is -0.327. The van der Waals surface area contributed by atoms with Crippen LogP contribution in [0.1, 0.15) is 70.8 Å². The standard InChI is InChI=1S/C33H44N2O6/c1-25(2)32(36)40-22-12-8-6-10-20-38-30-17-14-28(15-18-30)34-35-29-16-19-31(27(5)24-29)39-21-11-7-9-13-23-41-33(37)26(3)4/h14-19,24H,1,3,6-13,20-23H2,2,4-5H3. The zero-order valence-electron chi connectivity index (χ0n) is 24.8. The second-order valence-corrected chi connectivity index (χ2v) is 10.0. The minimum absolute atomic E-state index is 0.327. The Labute approximate surface area is 244 Å². The van der Waals surface area contributed by atoms with Crippen LogP contribution in [0.25, 0.3) is 0 Å². The fourth-order valence-electron chi connectivity index (χ4n) is 3.65. The lowest BCUT2D eigenvalue weighted by Gasteiger charge is -2.09. The van der Waals surface area contributed by atoms with Crippen LogP contribution in [0.5, 0.6) is 11.5 Å². The van der Waals surface area contributed by atoms with Crippen LogP contribution in [0, 0.1) is 6.92 Å². The zero-order valence-corrected chi connectivity index (χ0v) is 24.8. The number of esters is 2. The lowest BCUT2D eigenvalue weighted by Crippen LogP contribution is -2.06. The van der Waals surface area contributed by atoms with Gasteiger partial charge in [-0.15, -0.1) is 0 Å². The van der Waals surface area contributed by atoms with Crippen molar-refractivity contribution >= 4 is 23.3 Å². The third-order valence-corrected chi connectivity index (χ3v) is 6.04. The summed E-state index contributed by atoms with van der Waals surface area (Å²) in [5, 5.41) is 8.68. The maximum atomic E-state index is 11.3.